The Morgan fingerprint density at radius 2 is 1.96 bits per heavy atom. The van der Waals surface area contributed by atoms with Crippen molar-refractivity contribution in [3.63, 3.8) is 0 Å². The topological polar surface area (TPSA) is 61.0 Å². The highest BCUT2D eigenvalue weighted by atomic mass is 16.1. The van der Waals surface area contributed by atoms with E-state index in [1.807, 2.05) is 24.3 Å². The number of benzene rings is 2. The summed E-state index contributed by atoms with van der Waals surface area (Å²) < 4.78 is 0. The number of fused-ring (bicyclic) bond motifs is 3. The van der Waals surface area contributed by atoms with E-state index in [9.17, 15) is 4.79 Å². The Morgan fingerprint density at radius 1 is 1.19 bits per heavy atom. The second-order valence-corrected chi connectivity index (χ2v) is 7.90. The van der Waals surface area contributed by atoms with Gasteiger partial charge in [-0.1, -0.05) is 42.5 Å². The van der Waals surface area contributed by atoms with Gasteiger partial charge in [-0.15, -0.1) is 0 Å². The van der Waals surface area contributed by atoms with E-state index in [1.165, 1.54) is 18.4 Å². The van der Waals surface area contributed by atoms with Gasteiger partial charge in [-0.3, -0.25) is 14.8 Å². The summed E-state index contributed by atoms with van der Waals surface area (Å²) in [7, 11) is 2.22. The Hall–Kier alpha value is -2.66. The molecule has 2 aliphatic rings. The van der Waals surface area contributed by atoms with E-state index in [-0.39, 0.29) is 17.5 Å². The van der Waals surface area contributed by atoms with Gasteiger partial charge in [-0.25, -0.2) is 0 Å². The Labute approximate surface area is 158 Å². The maximum Gasteiger partial charge on any atom is 0.254 e. The number of hydrogen-bond donors (Lipinski definition) is 2. The van der Waals surface area contributed by atoms with Gasteiger partial charge < -0.3 is 5.32 Å². The number of nitrogens with one attached hydrogen (secondary N) is 2. The number of aromatic nitrogens is 2. The number of hydrogen-bond acceptors (Lipinski definition) is 3. The average Bonchev–Trinajstić information content (AvgIpc) is 3.40. The molecule has 1 amide bonds. The largest absolute Gasteiger partial charge is 0.343 e. The smallest absolute Gasteiger partial charge is 0.254 e. The van der Waals surface area contributed by atoms with Gasteiger partial charge in [-0.2, -0.15) is 5.10 Å². The van der Waals surface area contributed by atoms with Crippen molar-refractivity contribution in [3.05, 3.63) is 65.9 Å². The van der Waals surface area contributed by atoms with Gasteiger partial charge in [0, 0.05) is 17.0 Å². The van der Waals surface area contributed by atoms with Crippen LogP contribution in [0.5, 0.6) is 0 Å². The molecule has 2 saturated heterocycles. The van der Waals surface area contributed by atoms with Crippen LogP contribution in [0.4, 0.5) is 0 Å². The van der Waals surface area contributed by atoms with Crippen LogP contribution in [-0.4, -0.2) is 39.6 Å². The molecule has 2 aromatic carbocycles. The summed E-state index contributed by atoms with van der Waals surface area (Å²) in [5.41, 5.74) is 2.63. The molecule has 0 radical (unpaired) electrons. The Balaban J connectivity index is 1.54. The standard InChI is InChI=1S/C22H24N4O/c1-26-17-10-12-22(26,13-11-17)20(15-6-3-2-4-7-15)24-21(27)18-9-5-8-16-14-23-25-19(16)18/h2-9,14,17,20H,10-13H2,1H3,(H,23,25)(H,24,27). The third kappa shape index (κ3) is 2.49. The number of para-hydroxylation sites is 1. The molecular weight excluding hydrogens is 336 g/mol. The van der Waals surface area contributed by atoms with Crippen molar-refractivity contribution in [1.82, 2.24) is 20.4 Å². The fourth-order valence-corrected chi connectivity index (χ4v) is 5.24. The van der Waals surface area contributed by atoms with Crippen molar-refractivity contribution in [2.24, 2.45) is 0 Å². The van der Waals surface area contributed by atoms with Gasteiger partial charge in [0.15, 0.2) is 0 Å². The summed E-state index contributed by atoms with van der Waals surface area (Å²) in [6.45, 7) is 0. The van der Waals surface area contributed by atoms with Crippen molar-refractivity contribution in [1.29, 1.82) is 0 Å². The first kappa shape index (κ1) is 16.5. The molecule has 2 bridgehead atoms. The van der Waals surface area contributed by atoms with E-state index in [4.69, 9.17) is 0 Å². The van der Waals surface area contributed by atoms with Gasteiger partial charge in [-0.05, 0) is 44.4 Å². The zero-order valence-corrected chi connectivity index (χ0v) is 15.5. The molecule has 1 atom stereocenters. The van der Waals surface area contributed by atoms with Crippen molar-refractivity contribution < 1.29 is 4.79 Å². The molecule has 5 rings (SSSR count). The Bertz CT molecular complexity index is 972. The zero-order valence-electron chi connectivity index (χ0n) is 15.5. The number of aromatic amines is 1. The number of H-pyrrole nitrogens is 1. The minimum Gasteiger partial charge on any atom is -0.343 e. The minimum atomic E-state index is -0.0446. The quantitative estimate of drug-likeness (QED) is 0.746. The van der Waals surface area contributed by atoms with Crippen molar-refractivity contribution in [2.75, 3.05) is 7.05 Å². The maximum absolute atomic E-state index is 13.3. The van der Waals surface area contributed by atoms with E-state index in [2.05, 4.69) is 51.7 Å². The lowest BCUT2D eigenvalue weighted by atomic mass is 9.78. The lowest BCUT2D eigenvalue weighted by Crippen LogP contribution is -2.50. The predicted octanol–water partition coefficient (Wildman–Crippen LogP) is 3.66. The van der Waals surface area contributed by atoms with Crippen LogP contribution in [0.3, 0.4) is 0 Å². The highest BCUT2D eigenvalue weighted by Crippen LogP contribution is 2.51. The van der Waals surface area contributed by atoms with Gasteiger partial charge >= 0.3 is 0 Å². The van der Waals surface area contributed by atoms with Crippen LogP contribution in [0.2, 0.25) is 0 Å². The fourth-order valence-electron chi connectivity index (χ4n) is 5.24. The van der Waals surface area contributed by atoms with Crippen LogP contribution in [0, 0.1) is 0 Å². The molecule has 2 N–H and O–H groups in total. The summed E-state index contributed by atoms with van der Waals surface area (Å²) >= 11 is 0. The van der Waals surface area contributed by atoms with Gasteiger partial charge in [0.2, 0.25) is 0 Å². The number of amides is 1. The first-order valence-corrected chi connectivity index (χ1v) is 9.70. The number of nitrogens with zero attached hydrogens (tertiary/aromatic N) is 2. The number of rotatable bonds is 4. The third-order valence-corrected chi connectivity index (χ3v) is 6.74. The predicted molar refractivity (Wildman–Crippen MR) is 105 cm³/mol. The molecule has 1 unspecified atom stereocenters. The maximum atomic E-state index is 13.3. The van der Waals surface area contributed by atoms with E-state index in [0.29, 0.717) is 11.6 Å². The van der Waals surface area contributed by atoms with Gasteiger partial charge in [0.1, 0.15) is 0 Å². The molecule has 2 fully saturated rings. The van der Waals surface area contributed by atoms with E-state index in [0.717, 1.165) is 23.7 Å². The highest BCUT2D eigenvalue weighted by Gasteiger charge is 2.54. The molecule has 3 aromatic rings. The van der Waals surface area contributed by atoms with E-state index in [1.54, 1.807) is 6.20 Å². The molecule has 5 heteroatoms. The second kappa shape index (κ2) is 6.20. The zero-order chi connectivity index (χ0) is 18.4. The molecule has 0 saturated carbocycles. The summed E-state index contributed by atoms with van der Waals surface area (Å²) in [6, 6.07) is 16.8. The van der Waals surface area contributed by atoms with Crippen LogP contribution < -0.4 is 5.32 Å². The second-order valence-electron chi connectivity index (χ2n) is 7.90. The van der Waals surface area contributed by atoms with Crippen LogP contribution in [0.1, 0.15) is 47.6 Å². The first-order valence-electron chi connectivity index (χ1n) is 9.70. The molecule has 5 nitrogen and oxygen atoms in total. The number of carbonyl (C=O) groups excluding carboxylic acids is 1. The molecule has 0 spiro atoms. The van der Waals surface area contributed by atoms with Crippen molar-refractivity contribution >= 4 is 16.8 Å². The number of carbonyl (C=O) groups is 1. The molecular formula is C22H24N4O. The SMILES string of the molecule is CN1C2CCC1(C(NC(=O)c1cccc3cn[nH]c13)c1ccccc1)CC2. The first-order chi connectivity index (χ1) is 13.2. The van der Waals surface area contributed by atoms with Gasteiger partial charge in [0.25, 0.3) is 5.91 Å². The van der Waals surface area contributed by atoms with Crippen LogP contribution in [0.25, 0.3) is 10.9 Å². The highest BCUT2D eigenvalue weighted by molar-refractivity contribution is 6.05. The van der Waals surface area contributed by atoms with Crippen LogP contribution in [-0.2, 0) is 0 Å². The molecule has 2 aliphatic heterocycles. The molecule has 1 aromatic heterocycles. The summed E-state index contributed by atoms with van der Waals surface area (Å²) in [5, 5.41) is 11.4. The minimum absolute atomic E-state index is 0.00353. The third-order valence-electron chi connectivity index (χ3n) is 6.74. The lowest BCUT2D eigenvalue weighted by Gasteiger charge is -2.41. The Morgan fingerprint density at radius 3 is 2.67 bits per heavy atom. The summed E-state index contributed by atoms with van der Waals surface area (Å²) in [4.78, 5) is 15.8. The summed E-state index contributed by atoms with van der Waals surface area (Å²) in [5.74, 6) is -0.0446. The van der Waals surface area contributed by atoms with Crippen molar-refractivity contribution in [2.45, 2.75) is 43.3 Å². The fraction of sp³-hybridized carbons (Fsp3) is 0.364. The van der Waals surface area contributed by atoms with Crippen molar-refractivity contribution in [3.8, 4) is 0 Å². The van der Waals surface area contributed by atoms with Gasteiger partial charge in [0.05, 0.1) is 23.3 Å². The molecule has 3 heterocycles. The van der Waals surface area contributed by atoms with E-state index < -0.39 is 0 Å². The van der Waals surface area contributed by atoms with Crippen LogP contribution >= 0.6 is 0 Å². The lowest BCUT2D eigenvalue weighted by molar-refractivity contribution is 0.0839. The molecule has 0 aliphatic carbocycles. The summed E-state index contributed by atoms with van der Waals surface area (Å²) in [6.07, 6.45) is 6.44. The van der Waals surface area contributed by atoms with Crippen LogP contribution in [0.15, 0.2) is 54.7 Å². The molecule has 138 valence electrons. The normalized spacial score (nSPS) is 25.7. The monoisotopic (exact) mass is 360 g/mol. The Kier molecular flexibility index (Phi) is 3.79. The van der Waals surface area contributed by atoms with E-state index >= 15 is 0 Å². The average molecular weight is 360 g/mol. The molecule has 27 heavy (non-hydrogen) atoms. The number of likely N-dealkylation sites (N-methyl/N-ethyl adjacent to an activating group) is 1.